The summed E-state index contributed by atoms with van der Waals surface area (Å²) in [5.74, 6) is 3.83. The standard InChI is InChI=1S/C14H22N4/c1-10-12(15-2)16-13(11-6-7-11)17-14(10)18-8-4-3-5-9-18/h11H,3-9H2,1-2H3,(H,15,16,17). The molecule has 1 N–H and O–H groups in total. The Morgan fingerprint density at radius 1 is 1.11 bits per heavy atom. The predicted octanol–water partition coefficient (Wildman–Crippen LogP) is 2.69. The molecule has 0 unspecified atom stereocenters. The van der Waals surface area contributed by atoms with E-state index in [0.717, 1.165) is 30.5 Å². The van der Waals surface area contributed by atoms with Crippen LogP contribution in [0.25, 0.3) is 0 Å². The largest absolute Gasteiger partial charge is 0.373 e. The zero-order valence-electron chi connectivity index (χ0n) is 11.4. The quantitative estimate of drug-likeness (QED) is 0.890. The molecule has 0 atom stereocenters. The van der Waals surface area contributed by atoms with E-state index in [2.05, 4.69) is 22.1 Å². The molecular weight excluding hydrogens is 224 g/mol. The Kier molecular flexibility index (Phi) is 3.10. The normalized spacial score (nSPS) is 20.0. The number of rotatable bonds is 3. The molecular formula is C14H22N4. The van der Waals surface area contributed by atoms with Crippen molar-refractivity contribution in [1.29, 1.82) is 0 Å². The lowest BCUT2D eigenvalue weighted by atomic mass is 10.1. The third-order valence-electron chi connectivity index (χ3n) is 3.97. The van der Waals surface area contributed by atoms with Crippen LogP contribution in [0, 0.1) is 6.92 Å². The maximum absolute atomic E-state index is 4.84. The average Bonchev–Trinajstić information content (AvgIpc) is 3.24. The minimum Gasteiger partial charge on any atom is -0.373 e. The van der Waals surface area contributed by atoms with Gasteiger partial charge in [-0.2, -0.15) is 0 Å². The van der Waals surface area contributed by atoms with E-state index in [4.69, 9.17) is 4.98 Å². The van der Waals surface area contributed by atoms with Gasteiger partial charge in [0.15, 0.2) is 0 Å². The summed E-state index contributed by atoms with van der Waals surface area (Å²) in [5, 5.41) is 3.22. The van der Waals surface area contributed by atoms with Crippen LogP contribution in [-0.4, -0.2) is 30.1 Å². The highest BCUT2D eigenvalue weighted by atomic mass is 15.2. The van der Waals surface area contributed by atoms with Gasteiger partial charge < -0.3 is 10.2 Å². The van der Waals surface area contributed by atoms with E-state index in [1.165, 1.54) is 37.7 Å². The van der Waals surface area contributed by atoms with E-state index in [1.807, 2.05) is 7.05 Å². The summed E-state index contributed by atoms with van der Waals surface area (Å²) >= 11 is 0. The van der Waals surface area contributed by atoms with Crippen molar-refractivity contribution in [3.63, 3.8) is 0 Å². The molecule has 0 aromatic carbocycles. The van der Waals surface area contributed by atoms with Gasteiger partial charge >= 0.3 is 0 Å². The van der Waals surface area contributed by atoms with Crippen molar-refractivity contribution < 1.29 is 0 Å². The number of hydrogen-bond acceptors (Lipinski definition) is 4. The first kappa shape index (κ1) is 11.8. The summed E-state index contributed by atoms with van der Waals surface area (Å²) in [5.41, 5.74) is 1.20. The van der Waals surface area contributed by atoms with Crippen LogP contribution in [0.3, 0.4) is 0 Å². The first-order valence-electron chi connectivity index (χ1n) is 7.11. The van der Waals surface area contributed by atoms with Gasteiger partial charge in [0.1, 0.15) is 17.5 Å². The van der Waals surface area contributed by atoms with Crippen molar-refractivity contribution in [2.75, 3.05) is 30.4 Å². The Hall–Kier alpha value is -1.32. The molecule has 1 aliphatic carbocycles. The van der Waals surface area contributed by atoms with Crippen LogP contribution in [-0.2, 0) is 0 Å². The second-order valence-corrected chi connectivity index (χ2v) is 5.45. The van der Waals surface area contributed by atoms with E-state index in [-0.39, 0.29) is 0 Å². The third kappa shape index (κ3) is 2.16. The summed E-state index contributed by atoms with van der Waals surface area (Å²) in [6, 6.07) is 0. The van der Waals surface area contributed by atoms with Crippen molar-refractivity contribution in [3.8, 4) is 0 Å². The van der Waals surface area contributed by atoms with Gasteiger partial charge in [-0.15, -0.1) is 0 Å². The van der Waals surface area contributed by atoms with Crippen LogP contribution in [0.4, 0.5) is 11.6 Å². The minimum atomic E-state index is 0.612. The zero-order valence-corrected chi connectivity index (χ0v) is 11.4. The van der Waals surface area contributed by atoms with Crippen LogP contribution in [0.15, 0.2) is 0 Å². The lowest BCUT2D eigenvalue weighted by molar-refractivity contribution is 0.571. The molecule has 1 aromatic heterocycles. The molecule has 1 saturated heterocycles. The predicted molar refractivity (Wildman–Crippen MR) is 74.4 cm³/mol. The van der Waals surface area contributed by atoms with Gasteiger partial charge in [-0.3, -0.25) is 0 Å². The maximum atomic E-state index is 4.84. The summed E-state index contributed by atoms with van der Waals surface area (Å²) < 4.78 is 0. The second kappa shape index (κ2) is 4.75. The Morgan fingerprint density at radius 3 is 2.44 bits per heavy atom. The molecule has 3 rings (SSSR count). The van der Waals surface area contributed by atoms with Gasteiger partial charge in [0.05, 0.1) is 0 Å². The molecule has 0 spiro atoms. The third-order valence-corrected chi connectivity index (χ3v) is 3.97. The molecule has 1 aliphatic heterocycles. The van der Waals surface area contributed by atoms with Crippen LogP contribution >= 0.6 is 0 Å². The van der Waals surface area contributed by atoms with Gasteiger partial charge in [0.2, 0.25) is 0 Å². The first-order chi connectivity index (χ1) is 8.79. The Morgan fingerprint density at radius 2 is 1.83 bits per heavy atom. The van der Waals surface area contributed by atoms with Gasteiger partial charge in [-0.05, 0) is 39.0 Å². The SMILES string of the molecule is CNc1nc(C2CC2)nc(N2CCCCC2)c1C. The molecule has 98 valence electrons. The highest BCUT2D eigenvalue weighted by molar-refractivity contribution is 5.59. The van der Waals surface area contributed by atoms with Crippen molar-refractivity contribution in [3.05, 3.63) is 11.4 Å². The van der Waals surface area contributed by atoms with E-state index < -0.39 is 0 Å². The van der Waals surface area contributed by atoms with Crippen molar-refractivity contribution >= 4 is 11.6 Å². The summed E-state index contributed by atoms with van der Waals surface area (Å²) in [6.45, 7) is 4.42. The molecule has 0 amide bonds. The number of aromatic nitrogens is 2. The summed E-state index contributed by atoms with van der Waals surface area (Å²) in [7, 11) is 1.95. The van der Waals surface area contributed by atoms with Crippen LogP contribution in [0.5, 0.6) is 0 Å². The van der Waals surface area contributed by atoms with Gasteiger partial charge in [-0.1, -0.05) is 0 Å². The fourth-order valence-corrected chi connectivity index (χ4v) is 2.70. The zero-order chi connectivity index (χ0) is 12.5. The molecule has 1 aromatic rings. The second-order valence-electron chi connectivity index (χ2n) is 5.45. The van der Waals surface area contributed by atoms with E-state index >= 15 is 0 Å². The van der Waals surface area contributed by atoms with Gasteiger partial charge in [0.25, 0.3) is 0 Å². The summed E-state index contributed by atoms with van der Waals surface area (Å²) in [4.78, 5) is 11.9. The number of hydrogen-bond donors (Lipinski definition) is 1. The first-order valence-corrected chi connectivity index (χ1v) is 7.11. The van der Waals surface area contributed by atoms with Gasteiger partial charge in [-0.25, -0.2) is 9.97 Å². The monoisotopic (exact) mass is 246 g/mol. The maximum Gasteiger partial charge on any atom is 0.137 e. The topological polar surface area (TPSA) is 41.1 Å². The molecule has 2 fully saturated rings. The summed E-state index contributed by atoms with van der Waals surface area (Å²) in [6.07, 6.45) is 6.44. The number of piperidine rings is 1. The smallest absolute Gasteiger partial charge is 0.137 e. The van der Waals surface area contributed by atoms with Crippen LogP contribution < -0.4 is 10.2 Å². The molecule has 4 heteroatoms. The highest BCUT2D eigenvalue weighted by Gasteiger charge is 2.29. The highest BCUT2D eigenvalue weighted by Crippen LogP contribution is 2.40. The fourth-order valence-electron chi connectivity index (χ4n) is 2.70. The number of nitrogens with zero attached hydrogens (tertiary/aromatic N) is 3. The Balaban J connectivity index is 1.97. The molecule has 1 saturated carbocycles. The Bertz CT molecular complexity index is 434. The molecule has 4 nitrogen and oxygen atoms in total. The number of nitrogens with one attached hydrogen (secondary N) is 1. The fraction of sp³-hybridized carbons (Fsp3) is 0.714. The van der Waals surface area contributed by atoms with Crippen molar-refractivity contribution in [2.24, 2.45) is 0 Å². The average molecular weight is 246 g/mol. The van der Waals surface area contributed by atoms with Crippen LogP contribution in [0.1, 0.15) is 49.4 Å². The van der Waals surface area contributed by atoms with Crippen molar-refractivity contribution in [1.82, 2.24) is 9.97 Å². The van der Waals surface area contributed by atoms with Crippen molar-refractivity contribution in [2.45, 2.75) is 44.9 Å². The Labute approximate surface area is 109 Å². The van der Waals surface area contributed by atoms with E-state index in [0.29, 0.717) is 5.92 Å². The number of anilines is 2. The molecule has 2 aliphatic rings. The lowest BCUT2D eigenvalue weighted by Gasteiger charge is -2.29. The molecule has 0 radical (unpaired) electrons. The van der Waals surface area contributed by atoms with E-state index in [9.17, 15) is 0 Å². The van der Waals surface area contributed by atoms with E-state index in [1.54, 1.807) is 0 Å². The molecule has 2 heterocycles. The van der Waals surface area contributed by atoms with Crippen LogP contribution in [0.2, 0.25) is 0 Å². The molecule has 0 bridgehead atoms. The minimum absolute atomic E-state index is 0.612. The van der Waals surface area contributed by atoms with Gasteiger partial charge in [0, 0.05) is 31.6 Å². The molecule has 18 heavy (non-hydrogen) atoms. The lowest BCUT2D eigenvalue weighted by Crippen LogP contribution is -2.31.